The van der Waals surface area contributed by atoms with E-state index in [1.165, 1.54) is 0 Å². The minimum Gasteiger partial charge on any atom is -0.376 e. The lowest BCUT2D eigenvalue weighted by Crippen LogP contribution is -2.45. The highest BCUT2D eigenvalue weighted by atomic mass is 16.5. The summed E-state index contributed by atoms with van der Waals surface area (Å²) in [7, 11) is 0. The van der Waals surface area contributed by atoms with Gasteiger partial charge < -0.3 is 20.3 Å². The summed E-state index contributed by atoms with van der Waals surface area (Å²) in [6, 6.07) is 9.42. The molecule has 0 saturated carbocycles. The summed E-state index contributed by atoms with van der Waals surface area (Å²) >= 11 is 0. The molecule has 0 bridgehead atoms. The van der Waals surface area contributed by atoms with Crippen LogP contribution >= 0.6 is 0 Å². The zero-order valence-electron chi connectivity index (χ0n) is 15.4. The summed E-state index contributed by atoms with van der Waals surface area (Å²) in [6.45, 7) is 4.79. The molecule has 1 aromatic carbocycles. The van der Waals surface area contributed by atoms with E-state index >= 15 is 0 Å². The van der Waals surface area contributed by atoms with Crippen molar-refractivity contribution >= 4 is 17.6 Å². The van der Waals surface area contributed by atoms with Gasteiger partial charge in [0.05, 0.1) is 6.10 Å². The molecule has 2 aliphatic heterocycles. The normalized spacial score (nSPS) is 22.0. The third-order valence-corrected chi connectivity index (χ3v) is 5.50. The van der Waals surface area contributed by atoms with Crippen LogP contribution in [0, 0.1) is 11.8 Å². The first kappa shape index (κ1) is 18.7. The summed E-state index contributed by atoms with van der Waals surface area (Å²) < 4.78 is 5.55. The predicted octanol–water partition coefficient (Wildman–Crippen LogP) is 2.86. The number of nitrogens with one attached hydrogen (secondary N) is 2. The molecular weight excluding hydrogens is 330 g/mol. The van der Waals surface area contributed by atoms with Crippen LogP contribution in [0.2, 0.25) is 0 Å². The molecule has 6 nitrogen and oxygen atoms in total. The Morgan fingerprint density at radius 1 is 1.19 bits per heavy atom. The van der Waals surface area contributed by atoms with E-state index in [9.17, 15) is 9.59 Å². The van der Waals surface area contributed by atoms with Crippen molar-refractivity contribution < 1.29 is 14.3 Å². The Balaban J connectivity index is 1.40. The highest BCUT2D eigenvalue weighted by Gasteiger charge is 2.30. The molecule has 0 spiro atoms. The molecule has 2 fully saturated rings. The molecule has 1 aromatic rings. The van der Waals surface area contributed by atoms with Crippen molar-refractivity contribution in [2.45, 2.75) is 38.7 Å². The number of ether oxygens (including phenoxy) is 1. The van der Waals surface area contributed by atoms with Crippen molar-refractivity contribution in [1.29, 1.82) is 0 Å². The number of urea groups is 1. The van der Waals surface area contributed by atoms with E-state index in [1.54, 1.807) is 0 Å². The van der Waals surface area contributed by atoms with Crippen LogP contribution < -0.4 is 10.6 Å². The van der Waals surface area contributed by atoms with Gasteiger partial charge in [-0.2, -0.15) is 0 Å². The fraction of sp³-hybridized carbons (Fsp3) is 0.600. The molecule has 0 aliphatic carbocycles. The second kappa shape index (κ2) is 9.03. The molecule has 2 N–H and O–H groups in total. The molecule has 142 valence electrons. The number of anilines is 1. The average Bonchev–Trinajstić information content (AvgIpc) is 3.20. The summed E-state index contributed by atoms with van der Waals surface area (Å²) in [5, 5.41) is 5.96. The second-order valence-corrected chi connectivity index (χ2v) is 7.29. The highest BCUT2D eigenvalue weighted by molar-refractivity contribution is 5.89. The van der Waals surface area contributed by atoms with Crippen molar-refractivity contribution in [2.24, 2.45) is 11.8 Å². The maximum absolute atomic E-state index is 12.4. The van der Waals surface area contributed by atoms with Crippen molar-refractivity contribution in [3.8, 4) is 0 Å². The Morgan fingerprint density at radius 2 is 1.92 bits per heavy atom. The van der Waals surface area contributed by atoms with Gasteiger partial charge in [-0.25, -0.2) is 4.79 Å². The molecule has 6 heteroatoms. The molecule has 2 heterocycles. The maximum atomic E-state index is 12.4. The number of rotatable bonds is 5. The van der Waals surface area contributed by atoms with E-state index in [1.807, 2.05) is 42.2 Å². The number of hydrogen-bond donors (Lipinski definition) is 2. The quantitative estimate of drug-likeness (QED) is 0.849. The predicted molar refractivity (Wildman–Crippen MR) is 101 cm³/mol. The van der Waals surface area contributed by atoms with Gasteiger partial charge in [0.2, 0.25) is 5.91 Å². The monoisotopic (exact) mass is 359 g/mol. The number of para-hydroxylation sites is 1. The molecule has 2 unspecified atom stereocenters. The van der Waals surface area contributed by atoms with Crippen molar-refractivity contribution in [1.82, 2.24) is 10.2 Å². The minimum atomic E-state index is -0.0647. The summed E-state index contributed by atoms with van der Waals surface area (Å²) in [5.74, 6) is 0.392. The molecule has 2 atom stereocenters. The van der Waals surface area contributed by atoms with E-state index < -0.39 is 0 Å². The van der Waals surface area contributed by atoms with Crippen molar-refractivity contribution in [3.05, 3.63) is 30.3 Å². The van der Waals surface area contributed by atoms with Gasteiger partial charge in [0.15, 0.2) is 0 Å². The Hall–Kier alpha value is -2.08. The topological polar surface area (TPSA) is 70.7 Å². The minimum absolute atomic E-state index is 0.0317. The van der Waals surface area contributed by atoms with Gasteiger partial charge in [-0.05, 0) is 43.7 Å². The second-order valence-electron chi connectivity index (χ2n) is 7.29. The van der Waals surface area contributed by atoms with Gasteiger partial charge in [0.1, 0.15) is 0 Å². The number of hydrogen-bond acceptors (Lipinski definition) is 3. The maximum Gasteiger partial charge on any atom is 0.321 e. The third kappa shape index (κ3) is 4.97. The lowest BCUT2D eigenvalue weighted by atomic mass is 9.85. The number of likely N-dealkylation sites (tertiary alicyclic amines) is 1. The fourth-order valence-corrected chi connectivity index (χ4v) is 3.72. The van der Waals surface area contributed by atoms with E-state index in [2.05, 4.69) is 10.6 Å². The average molecular weight is 359 g/mol. The van der Waals surface area contributed by atoms with E-state index in [0.717, 1.165) is 38.0 Å². The van der Waals surface area contributed by atoms with Crippen LogP contribution in [0.25, 0.3) is 0 Å². The Kier molecular flexibility index (Phi) is 6.50. The molecule has 0 radical (unpaired) electrons. The van der Waals surface area contributed by atoms with Gasteiger partial charge in [-0.1, -0.05) is 25.1 Å². The van der Waals surface area contributed by atoms with Crippen LogP contribution in [-0.2, 0) is 9.53 Å². The molecule has 3 rings (SSSR count). The number of piperidine rings is 1. The molecule has 26 heavy (non-hydrogen) atoms. The zero-order chi connectivity index (χ0) is 18.4. The highest BCUT2D eigenvalue weighted by Crippen LogP contribution is 2.25. The molecule has 2 aliphatic rings. The smallest absolute Gasteiger partial charge is 0.321 e. The number of carbonyl (C=O) groups is 2. The molecule has 3 amide bonds. The lowest BCUT2D eigenvalue weighted by Gasteiger charge is -2.34. The van der Waals surface area contributed by atoms with Crippen LogP contribution in [0.1, 0.15) is 32.6 Å². The van der Waals surface area contributed by atoms with Crippen molar-refractivity contribution in [2.75, 3.05) is 31.6 Å². The standard InChI is InChI=1S/C20H29N3O3/c1-15(19(24)21-14-18-8-5-13-26-18)16-9-11-23(12-10-16)20(25)22-17-6-3-2-4-7-17/h2-4,6-7,15-16,18H,5,8-14H2,1H3,(H,21,24)(H,22,25). The lowest BCUT2D eigenvalue weighted by molar-refractivity contribution is -0.127. The largest absolute Gasteiger partial charge is 0.376 e. The first-order chi connectivity index (χ1) is 12.6. The van der Waals surface area contributed by atoms with Gasteiger partial charge >= 0.3 is 6.03 Å². The zero-order valence-corrected chi connectivity index (χ0v) is 15.4. The molecule has 0 aromatic heterocycles. The number of amides is 3. The Morgan fingerprint density at radius 3 is 2.58 bits per heavy atom. The Bertz CT molecular complexity index is 594. The number of benzene rings is 1. The number of nitrogens with zero attached hydrogens (tertiary/aromatic N) is 1. The van der Waals surface area contributed by atoms with Gasteiger partial charge in [0, 0.05) is 37.8 Å². The number of carbonyl (C=O) groups excluding carboxylic acids is 2. The first-order valence-electron chi connectivity index (χ1n) is 9.64. The van der Waals surface area contributed by atoms with E-state index in [0.29, 0.717) is 25.6 Å². The Labute approximate surface area is 155 Å². The van der Waals surface area contributed by atoms with Gasteiger partial charge in [-0.3, -0.25) is 4.79 Å². The first-order valence-corrected chi connectivity index (χ1v) is 9.64. The van der Waals surface area contributed by atoms with Crippen LogP contribution in [0.4, 0.5) is 10.5 Å². The van der Waals surface area contributed by atoms with Gasteiger partial charge in [0.25, 0.3) is 0 Å². The van der Waals surface area contributed by atoms with Crippen LogP contribution in [-0.4, -0.2) is 49.2 Å². The summed E-state index contributed by atoms with van der Waals surface area (Å²) in [6.07, 6.45) is 4.01. The van der Waals surface area contributed by atoms with Crippen LogP contribution in [0.5, 0.6) is 0 Å². The van der Waals surface area contributed by atoms with E-state index in [-0.39, 0.29) is 24.0 Å². The van der Waals surface area contributed by atoms with Gasteiger partial charge in [-0.15, -0.1) is 0 Å². The fourth-order valence-electron chi connectivity index (χ4n) is 3.72. The molecular formula is C20H29N3O3. The summed E-state index contributed by atoms with van der Waals surface area (Å²) in [5.41, 5.74) is 0.807. The van der Waals surface area contributed by atoms with Crippen LogP contribution in [0.3, 0.4) is 0 Å². The SMILES string of the molecule is CC(C(=O)NCC1CCCO1)C1CCN(C(=O)Nc2ccccc2)CC1. The molecule has 2 saturated heterocycles. The third-order valence-electron chi connectivity index (χ3n) is 5.50. The van der Waals surface area contributed by atoms with Crippen LogP contribution in [0.15, 0.2) is 30.3 Å². The summed E-state index contributed by atoms with van der Waals surface area (Å²) in [4.78, 5) is 26.6. The van der Waals surface area contributed by atoms with E-state index in [4.69, 9.17) is 4.74 Å². The van der Waals surface area contributed by atoms with Crippen molar-refractivity contribution in [3.63, 3.8) is 0 Å².